The number of nitrogens with zero attached hydrogens (tertiary/aromatic N) is 2. The second-order valence-corrected chi connectivity index (χ2v) is 7.97. The second-order valence-electron chi connectivity index (χ2n) is 7.97. The van der Waals surface area contributed by atoms with Crippen molar-refractivity contribution in [3.05, 3.63) is 72.6 Å². The third-order valence-corrected chi connectivity index (χ3v) is 6.32. The van der Waals surface area contributed by atoms with Crippen molar-refractivity contribution in [2.45, 2.75) is 18.9 Å². The molecule has 146 valence electrons. The van der Waals surface area contributed by atoms with E-state index in [9.17, 15) is 14.4 Å². The first-order valence-electron chi connectivity index (χ1n) is 9.93. The van der Waals surface area contributed by atoms with E-state index in [1.807, 2.05) is 30.3 Å². The minimum Gasteiger partial charge on any atom is -0.325 e. The van der Waals surface area contributed by atoms with Crippen LogP contribution in [0, 0.1) is 23.7 Å². The van der Waals surface area contributed by atoms with Crippen molar-refractivity contribution in [2.75, 3.05) is 5.32 Å². The van der Waals surface area contributed by atoms with Crippen LogP contribution in [0.25, 0.3) is 0 Å². The van der Waals surface area contributed by atoms with Gasteiger partial charge in [-0.15, -0.1) is 0 Å². The lowest BCUT2D eigenvalue weighted by Gasteiger charge is -2.28. The van der Waals surface area contributed by atoms with Crippen molar-refractivity contribution in [2.24, 2.45) is 23.7 Å². The van der Waals surface area contributed by atoms with Gasteiger partial charge >= 0.3 is 0 Å². The largest absolute Gasteiger partial charge is 0.325 e. The molecule has 5 atom stereocenters. The van der Waals surface area contributed by atoms with E-state index in [4.69, 9.17) is 0 Å². The van der Waals surface area contributed by atoms with Gasteiger partial charge in [0.25, 0.3) is 0 Å². The van der Waals surface area contributed by atoms with Gasteiger partial charge < -0.3 is 5.32 Å². The maximum Gasteiger partial charge on any atom is 0.234 e. The number of hydrogen-bond donors (Lipinski definition) is 1. The number of amides is 3. The van der Waals surface area contributed by atoms with Gasteiger partial charge in [0.2, 0.25) is 17.7 Å². The lowest BCUT2D eigenvalue weighted by Crippen LogP contribution is -2.38. The molecule has 1 aromatic heterocycles. The molecule has 2 aliphatic carbocycles. The molecule has 2 aromatic rings. The maximum atomic E-state index is 13.3. The molecule has 6 nitrogen and oxygen atoms in total. The third kappa shape index (κ3) is 2.95. The SMILES string of the molecule is O=C(CC(c1ccccc1)N1C(=O)C2C3C=CC(C3)C2C1=O)Nc1cccnc1. The Balaban J connectivity index is 1.43. The highest BCUT2D eigenvalue weighted by Gasteiger charge is 2.60. The van der Waals surface area contributed by atoms with Crippen LogP contribution in [-0.4, -0.2) is 27.6 Å². The van der Waals surface area contributed by atoms with Crippen molar-refractivity contribution < 1.29 is 14.4 Å². The van der Waals surface area contributed by atoms with Gasteiger partial charge in [-0.1, -0.05) is 42.5 Å². The summed E-state index contributed by atoms with van der Waals surface area (Å²) in [5, 5.41) is 2.81. The van der Waals surface area contributed by atoms with Gasteiger partial charge in [0.05, 0.1) is 36.2 Å². The smallest absolute Gasteiger partial charge is 0.234 e. The zero-order valence-corrected chi connectivity index (χ0v) is 15.8. The number of fused-ring (bicyclic) bond motifs is 5. The van der Waals surface area contributed by atoms with E-state index >= 15 is 0 Å². The molecular weight excluding hydrogens is 366 g/mol. The number of carbonyl (C=O) groups is 3. The first-order chi connectivity index (χ1) is 14.1. The number of pyridine rings is 1. The molecule has 1 saturated heterocycles. The number of likely N-dealkylation sites (tertiary alicyclic amines) is 1. The number of imide groups is 1. The van der Waals surface area contributed by atoms with E-state index < -0.39 is 6.04 Å². The fourth-order valence-corrected chi connectivity index (χ4v) is 5.09. The van der Waals surface area contributed by atoms with Crippen LogP contribution in [0.4, 0.5) is 5.69 Å². The summed E-state index contributed by atoms with van der Waals surface area (Å²) in [4.78, 5) is 44.7. The van der Waals surface area contributed by atoms with Crippen LogP contribution >= 0.6 is 0 Å². The molecule has 29 heavy (non-hydrogen) atoms. The molecule has 6 heteroatoms. The Morgan fingerprint density at radius 2 is 1.72 bits per heavy atom. The molecule has 0 radical (unpaired) electrons. The fourth-order valence-electron chi connectivity index (χ4n) is 5.09. The summed E-state index contributed by atoms with van der Waals surface area (Å²) in [5.74, 6) is -0.792. The number of carbonyl (C=O) groups excluding carboxylic acids is 3. The van der Waals surface area contributed by atoms with Crippen LogP contribution in [0.3, 0.4) is 0 Å². The van der Waals surface area contributed by atoms with Gasteiger partial charge in [-0.2, -0.15) is 0 Å². The molecule has 1 saturated carbocycles. The minimum atomic E-state index is -0.613. The highest BCUT2D eigenvalue weighted by atomic mass is 16.2. The molecule has 0 spiro atoms. The van der Waals surface area contributed by atoms with Crippen molar-refractivity contribution >= 4 is 23.4 Å². The molecule has 2 fully saturated rings. The quantitative estimate of drug-likeness (QED) is 0.632. The number of rotatable bonds is 5. The van der Waals surface area contributed by atoms with Crippen molar-refractivity contribution in [3.8, 4) is 0 Å². The molecule has 3 aliphatic rings. The summed E-state index contributed by atoms with van der Waals surface area (Å²) in [5.41, 5.74) is 1.37. The summed E-state index contributed by atoms with van der Waals surface area (Å²) in [6.07, 6.45) is 8.25. The average Bonchev–Trinajstić information content (AvgIpc) is 3.42. The summed E-state index contributed by atoms with van der Waals surface area (Å²) in [7, 11) is 0. The minimum absolute atomic E-state index is 0.0125. The lowest BCUT2D eigenvalue weighted by molar-refractivity contribution is -0.144. The molecule has 1 aliphatic heterocycles. The van der Waals surface area contributed by atoms with Crippen molar-refractivity contribution in [3.63, 3.8) is 0 Å². The lowest BCUT2D eigenvalue weighted by atomic mass is 9.85. The van der Waals surface area contributed by atoms with Crippen LogP contribution in [0.1, 0.15) is 24.4 Å². The van der Waals surface area contributed by atoms with Gasteiger partial charge in [-0.05, 0) is 36.0 Å². The molecule has 2 heterocycles. The first kappa shape index (κ1) is 17.8. The van der Waals surface area contributed by atoms with Crippen LogP contribution in [0.15, 0.2) is 67.0 Å². The number of allylic oxidation sites excluding steroid dienone is 2. The topological polar surface area (TPSA) is 79.4 Å². The predicted molar refractivity (Wildman–Crippen MR) is 106 cm³/mol. The first-order valence-corrected chi connectivity index (χ1v) is 9.93. The monoisotopic (exact) mass is 387 g/mol. The van der Waals surface area contributed by atoms with Crippen LogP contribution in [0.5, 0.6) is 0 Å². The molecule has 5 unspecified atom stereocenters. The predicted octanol–water partition coefficient (Wildman–Crippen LogP) is 2.96. The van der Waals surface area contributed by atoms with E-state index in [2.05, 4.69) is 22.5 Å². The number of benzene rings is 1. The van der Waals surface area contributed by atoms with Crippen LogP contribution < -0.4 is 5.32 Å². The van der Waals surface area contributed by atoms with Crippen molar-refractivity contribution in [1.29, 1.82) is 0 Å². The summed E-state index contributed by atoms with van der Waals surface area (Å²) < 4.78 is 0. The zero-order valence-electron chi connectivity index (χ0n) is 15.8. The van der Waals surface area contributed by atoms with E-state index in [1.54, 1.807) is 24.5 Å². The standard InChI is InChI=1S/C23H21N3O3/c27-19(25-17-7-4-10-24-13-17)12-18(14-5-2-1-3-6-14)26-22(28)20-15-8-9-16(11-15)21(20)23(26)29/h1-10,13,15-16,18,20-21H,11-12H2,(H,25,27). The van der Waals surface area contributed by atoms with Crippen LogP contribution in [-0.2, 0) is 14.4 Å². The highest BCUT2D eigenvalue weighted by Crippen LogP contribution is 2.54. The molecule has 3 amide bonds. The second kappa shape index (κ2) is 6.95. The van der Waals surface area contributed by atoms with E-state index in [1.165, 1.54) is 4.90 Å². The number of hydrogen-bond acceptors (Lipinski definition) is 4. The Morgan fingerprint density at radius 3 is 2.34 bits per heavy atom. The zero-order chi connectivity index (χ0) is 20.0. The maximum absolute atomic E-state index is 13.3. The Morgan fingerprint density at radius 1 is 1.03 bits per heavy atom. The Hall–Kier alpha value is -3.28. The van der Waals surface area contributed by atoms with Gasteiger partial charge in [0.1, 0.15) is 0 Å². The fraction of sp³-hybridized carbons (Fsp3) is 0.304. The number of aromatic nitrogens is 1. The average molecular weight is 387 g/mol. The number of anilines is 1. The molecular formula is C23H21N3O3. The van der Waals surface area contributed by atoms with E-state index in [-0.39, 0.29) is 47.8 Å². The van der Waals surface area contributed by atoms with Gasteiger partial charge in [-0.25, -0.2) is 0 Å². The molecule has 1 aromatic carbocycles. The summed E-state index contributed by atoms with van der Waals surface area (Å²) in [6.45, 7) is 0. The van der Waals surface area contributed by atoms with E-state index in [0.29, 0.717) is 5.69 Å². The highest BCUT2D eigenvalue weighted by molar-refractivity contribution is 6.07. The van der Waals surface area contributed by atoms with Gasteiger partial charge in [0, 0.05) is 6.20 Å². The van der Waals surface area contributed by atoms with Crippen molar-refractivity contribution in [1.82, 2.24) is 9.88 Å². The Kier molecular flexibility index (Phi) is 4.27. The molecule has 2 bridgehead atoms. The number of nitrogens with one attached hydrogen (secondary N) is 1. The van der Waals surface area contributed by atoms with E-state index in [0.717, 1.165) is 12.0 Å². The van der Waals surface area contributed by atoms with Crippen LogP contribution in [0.2, 0.25) is 0 Å². The van der Waals surface area contributed by atoms with Gasteiger partial charge in [-0.3, -0.25) is 24.3 Å². The third-order valence-electron chi connectivity index (χ3n) is 6.32. The normalized spacial score (nSPS) is 27.9. The summed E-state index contributed by atoms with van der Waals surface area (Å²) in [6, 6.07) is 12.2. The summed E-state index contributed by atoms with van der Waals surface area (Å²) >= 11 is 0. The molecule has 5 rings (SSSR count). The molecule has 1 N–H and O–H groups in total. The Labute approximate surface area is 168 Å². The Bertz CT molecular complexity index is 959. The van der Waals surface area contributed by atoms with Gasteiger partial charge in [0.15, 0.2) is 0 Å².